The molecule has 3 rings (SSSR count). The Morgan fingerprint density at radius 1 is 1.21 bits per heavy atom. The van der Waals surface area contributed by atoms with Gasteiger partial charge in [0.1, 0.15) is 0 Å². The van der Waals surface area contributed by atoms with E-state index in [2.05, 4.69) is 16.3 Å². The molecular formula is C19H25F2N5OS. The fraction of sp³-hybridized carbons (Fsp3) is 0.526. The van der Waals surface area contributed by atoms with Gasteiger partial charge in [-0.2, -0.15) is 0 Å². The number of rotatable bonds is 7. The van der Waals surface area contributed by atoms with Crippen molar-refractivity contribution < 1.29 is 13.6 Å². The summed E-state index contributed by atoms with van der Waals surface area (Å²) in [7, 11) is 0. The van der Waals surface area contributed by atoms with Crippen LogP contribution >= 0.6 is 11.8 Å². The van der Waals surface area contributed by atoms with E-state index in [0.29, 0.717) is 37.9 Å². The van der Waals surface area contributed by atoms with Crippen LogP contribution in [0.2, 0.25) is 0 Å². The highest BCUT2D eigenvalue weighted by Gasteiger charge is 2.23. The first-order chi connectivity index (χ1) is 13.5. The van der Waals surface area contributed by atoms with Gasteiger partial charge in [-0.25, -0.2) is 8.78 Å². The number of nitrogens with zero attached hydrogens (tertiary/aromatic N) is 5. The van der Waals surface area contributed by atoms with Crippen LogP contribution in [-0.4, -0.2) is 75.4 Å². The van der Waals surface area contributed by atoms with Crippen LogP contribution in [-0.2, 0) is 11.3 Å². The number of amides is 1. The van der Waals surface area contributed by atoms with Gasteiger partial charge in [0, 0.05) is 38.3 Å². The number of carbonyl (C=O) groups is 1. The van der Waals surface area contributed by atoms with E-state index in [0.717, 1.165) is 17.0 Å². The largest absolute Gasteiger partial charge is 0.339 e. The third-order valence-corrected chi connectivity index (χ3v) is 5.71. The van der Waals surface area contributed by atoms with Gasteiger partial charge in [-0.05, 0) is 19.9 Å². The van der Waals surface area contributed by atoms with Crippen LogP contribution in [0.4, 0.5) is 8.78 Å². The number of aromatic nitrogens is 3. The number of aryl methyl sites for hydroxylation is 1. The van der Waals surface area contributed by atoms with E-state index in [1.54, 1.807) is 9.80 Å². The summed E-state index contributed by atoms with van der Waals surface area (Å²) in [5.74, 6) is 1.06. The van der Waals surface area contributed by atoms with Gasteiger partial charge < -0.3 is 9.47 Å². The van der Waals surface area contributed by atoms with E-state index in [-0.39, 0.29) is 18.2 Å². The second-order valence-corrected chi connectivity index (χ2v) is 7.72. The molecule has 0 saturated carbocycles. The van der Waals surface area contributed by atoms with Gasteiger partial charge in [-0.3, -0.25) is 9.69 Å². The lowest BCUT2D eigenvalue weighted by atomic mass is 10.1. The van der Waals surface area contributed by atoms with Gasteiger partial charge >= 0.3 is 0 Å². The molecule has 1 aliphatic heterocycles. The molecule has 0 atom stereocenters. The first-order valence-electron chi connectivity index (χ1n) is 9.39. The van der Waals surface area contributed by atoms with Crippen LogP contribution in [0.1, 0.15) is 12.5 Å². The van der Waals surface area contributed by atoms with Crippen molar-refractivity contribution in [1.82, 2.24) is 24.6 Å². The molecule has 28 heavy (non-hydrogen) atoms. The van der Waals surface area contributed by atoms with E-state index < -0.39 is 6.43 Å². The molecule has 1 fully saturated rings. The highest BCUT2D eigenvalue weighted by Crippen LogP contribution is 2.25. The quantitative estimate of drug-likeness (QED) is 0.659. The minimum Gasteiger partial charge on any atom is -0.339 e. The van der Waals surface area contributed by atoms with E-state index in [1.807, 2.05) is 36.6 Å². The molecule has 0 unspecified atom stereocenters. The molecule has 2 aromatic rings. The fourth-order valence-corrected chi connectivity index (χ4v) is 4.18. The zero-order valence-electron chi connectivity index (χ0n) is 16.1. The topological polar surface area (TPSA) is 54.3 Å². The normalized spacial score (nSPS) is 15.4. The first-order valence-corrected chi connectivity index (χ1v) is 10.4. The molecule has 1 aromatic heterocycles. The molecule has 0 aliphatic carbocycles. The van der Waals surface area contributed by atoms with Crippen LogP contribution in [0.5, 0.6) is 0 Å². The molecule has 2 heterocycles. The molecule has 1 aromatic carbocycles. The Morgan fingerprint density at radius 3 is 2.61 bits per heavy atom. The Kier molecular flexibility index (Phi) is 7.01. The van der Waals surface area contributed by atoms with Crippen LogP contribution < -0.4 is 0 Å². The Morgan fingerprint density at radius 2 is 1.96 bits per heavy atom. The van der Waals surface area contributed by atoms with Crippen molar-refractivity contribution in [2.75, 3.05) is 38.5 Å². The van der Waals surface area contributed by atoms with Gasteiger partial charge in [-0.15, -0.1) is 10.2 Å². The monoisotopic (exact) mass is 409 g/mol. The van der Waals surface area contributed by atoms with Crippen LogP contribution in [0.25, 0.3) is 11.4 Å². The second-order valence-electron chi connectivity index (χ2n) is 6.78. The van der Waals surface area contributed by atoms with Crippen LogP contribution in [0, 0.1) is 6.92 Å². The average molecular weight is 410 g/mol. The molecule has 6 nitrogen and oxygen atoms in total. The van der Waals surface area contributed by atoms with E-state index in [1.165, 1.54) is 11.8 Å². The summed E-state index contributed by atoms with van der Waals surface area (Å²) < 4.78 is 26.9. The summed E-state index contributed by atoms with van der Waals surface area (Å²) in [6, 6.07) is 8.09. The molecule has 1 saturated heterocycles. The molecule has 0 radical (unpaired) electrons. The average Bonchev–Trinajstić information content (AvgIpc) is 3.09. The second kappa shape index (κ2) is 9.47. The molecular weight excluding hydrogens is 384 g/mol. The number of halogens is 2. The van der Waals surface area contributed by atoms with E-state index >= 15 is 0 Å². The summed E-state index contributed by atoms with van der Waals surface area (Å²) in [5.41, 5.74) is 2.15. The zero-order chi connectivity index (χ0) is 20.1. The molecule has 1 amide bonds. The highest BCUT2D eigenvalue weighted by atomic mass is 32.2. The van der Waals surface area contributed by atoms with E-state index in [4.69, 9.17) is 0 Å². The number of thioether (sulfide) groups is 1. The van der Waals surface area contributed by atoms with Gasteiger partial charge in [-0.1, -0.05) is 35.5 Å². The lowest BCUT2D eigenvalue weighted by Crippen LogP contribution is -2.50. The maximum atomic E-state index is 12.5. The molecule has 0 spiro atoms. The Bertz CT molecular complexity index is 805. The Hall–Kier alpha value is -2.00. The Labute approximate surface area is 167 Å². The minimum absolute atomic E-state index is 0.00413. The van der Waals surface area contributed by atoms with Crippen molar-refractivity contribution in [3.8, 4) is 11.4 Å². The lowest BCUT2D eigenvalue weighted by molar-refractivity contribution is -0.130. The zero-order valence-corrected chi connectivity index (χ0v) is 17.0. The number of benzene rings is 1. The van der Waals surface area contributed by atoms with Crippen molar-refractivity contribution in [2.45, 2.75) is 32.0 Å². The first kappa shape index (κ1) is 20.7. The van der Waals surface area contributed by atoms with Gasteiger partial charge in [0.25, 0.3) is 6.43 Å². The lowest BCUT2D eigenvalue weighted by Gasteiger charge is -2.34. The smallest absolute Gasteiger partial charge is 0.251 e. The molecule has 0 bridgehead atoms. The van der Waals surface area contributed by atoms with Gasteiger partial charge in [0.15, 0.2) is 11.0 Å². The SMILES string of the molecule is CCn1c(SCC(=O)N2CCN(CC(F)F)CC2)nnc1-c1cccc(C)c1. The van der Waals surface area contributed by atoms with Crippen molar-refractivity contribution in [2.24, 2.45) is 0 Å². The molecule has 1 aliphatic rings. The van der Waals surface area contributed by atoms with Crippen LogP contribution in [0.15, 0.2) is 29.4 Å². The minimum atomic E-state index is -2.33. The number of alkyl halides is 2. The molecule has 0 N–H and O–H groups in total. The number of hydrogen-bond donors (Lipinski definition) is 0. The van der Waals surface area contributed by atoms with Crippen molar-refractivity contribution in [3.05, 3.63) is 29.8 Å². The van der Waals surface area contributed by atoms with Crippen molar-refractivity contribution >= 4 is 17.7 Å². The third kappa shape index (κ3) is 5.08. The van der Waals surface area contributed by atoms with E-state index in [9.17, 15) is 13.6 Å². The predicted molar refractivity (Wildman–Crippen MR) is 106 cm³/mol. The predicted octanol–water partition coefficient (Wildman–Crippen LogP) is 2.77. The van der Waals surface area contributed by atoms with Gasteiger partial charge in [0.2, 0.25) is 5.91 Å². The number of piperazine rings is 1. The maximum absolute atomic E-state index is 12.5. The maximum Gasteiger partial charge on any atom is 0.251 e. The van der Waals surface area contributed by atoms with Crippen molar-refractivity contribution in [1.29, 1.82) is 0 Å². The summed E-state index contributed by atoms with van der Waals surface area (Å²) in [6.07, 6.45) is -2.33. The number of hydrogen-bond acceptors (Lipinski definition) is 5. The summed E-state index contributed by atoms with van der Waals surface area (Å²) in [5, 5.41) is 9.30. The number of carbonyl (C=O) groups excluding carboxylic acids is 1. The third-order valence-electron chi connectivity index (χ3n) is 4.76. The highest BCUT2D eigenvalue weighted by molar-refractivity contribution is 7.99. The summed E-state index contributed by atoms with van der Waals surface area (Å²) >= 11 is 1.37. The van der Waals surface area contributed by atoms with Crippen LogP contribution in [0.3, 0.4) is 0 Å². The van der Waals surface area contributed by atoms with Gasteiger partial charge in [0.05, 0.1) is 12.3 Å². The van der Waals surface area contributed by atoms with Crippen molar-refractivity contribution in [3.63, 3.8) is 0 Å². The summed E-state index contributed by atoms with van der Waals surface area (Å²) in [4.78, 5) is 15.9. The molecule has 152 valence electrons. The Balaban J connectivity index is 1.58. The fourth-order valence-electron chi connectivity index (χ4n) is 3.27. The standard InChI is InChI=1S/C19H25F2N5OS/c1-3-26-18(15-6-4-5-14(2)11-15)22-23-19(26)28-13-17(27)25-9-7-24(8-10-25)12-16(20)21/h4-6,11,16H,3,7-10,12-13H2,1-2H3. The summed E-state index contributed by atoms with van der Waals surface area (Å²) in [6.45, 7) is 6.49. The molecule has 9 heteroatoms.